The van der Waals surface area contributed by atoms with Crippen LogP contribution in [0.25, 0.3) is 0 Å². The molecule has 1 aromatic carbocycles. The van der Waals surface area contributed by atoms with Gasteiger partial charge in [-0.1, -0.05) is 45.4 Å². The van der Waals surface area contributed by atoms with Gasteiger partial charge in [-0.3, -0.25) is 0 Å². The van der Waals surface area contributed by atoms with Gasteiger partial charge in [0.15, 0.2) is 5.11 Å². The Morgan fingerprint density at radius 3 is 2.67 bits per heavy atom. The number of nitrogens with one attached hydrogen (secondary N) is 2. The first-order valence-electron chi connectivity index (χ1n) is 6.82. The lowest BCUT2D eigenvalue weighted by Gasteiger charge is -2.17. The predicted molar refractivity (Wildman–Crippen MR) is 84.3 cm³/mol. The lowest BCUT2D eigenvalue weighted by molar-refractivity contribution is 0.735. The second-order valence-corrected chi connectivity index (χ2v) is 5.04. The number of rotatable bonds is 6. The molecule has 1 rings (SSSR count). The normalized spacial score (nSPS) is 11.9. The van der Waals surface area contributed by atoms with E-state index in [9.17, 15) is 0 Å². The topological polar surface area (TPSA) is 24.1 Å². The van der Waals surface area contributed by atoms with Crippen LogP contribution in [-0.4, -0.2) is 11.7 Å². The quantitative estimate of drug-likeness (QED) is 0.592. The van der Waals surface area contributed by atoms with Crippen LogP contribution < -0.4 is 10.6 Å². The van der Waals surface area contributed by atoms with Gasteiger partial charge in [0.1, 0.15) is 0 Å². The van der Waals surface area contributed by atoms with Crippen LogP contribution >= 0.6 is 12.2 Å². The van der Waals surface area contributed by atoms with Crippen molar-refractivity contribution in [2.45, 2.75) is 46.0 Å². The molecule has 0 aromatic heterocycles. The van der Waals surface area contributed by atoms with Gasteiger partial charge >= 0.3 is 0 Å². The van der Waals surface area contributed by atoms with Crippen molar-refractivity contribution in [3.05, 3.63) is 29.8 Å². The van der Waals surface area contributed by atoms with Crippen molar-refractivity contribution in [3.63, 3.8) is 0 Å². The Morgan fingerprint density at radius 1 is 1.28 bits per heavy atom. The summed E-state index contributed by atoms with van der Waals surface area (Å²) < 4.78 is 0. The SMILES string of the molecule is CCCCNC(=S)Nc1ccccc1C(C)CC. The van der Waals surface area contributed by atoms with Crippen LogP contribution in [0, 0.1) is 0 Å². The van der Waals surface area contributed by atoms with E-state index in [1.165, 1.54) is 12.0 Å². The maximum atomic E-state index is 5.31. The predicted octanol–water partition coefficient (Wildman–Crippen LogP) is 4.29. The highest BCUT2D eigenvalue weighted by atomic mass is 32.1. The lowest BCUT2D eigenvalue weighted by Crippen LogP contribution is -2.29. The smallest absolute Gasteiger partial charge is 0.170 e. The molecule has 0 saturated carbocycles. The lowest BCUT2D eigenvalue weighted by atomic mass is 9.97. The van der Waals surface area contributed by atoms with Gasteiger partial charge < -0.3 is 10.6 Å². The van der Waals surface area contributed by atoms with Crippen molar-refractivity contribution >= 4 is 23.0 Å². The summed E-state index contributed by atoms with van der Waals surface area (Å²) >= 11 is 5.31. The van der Waals surface area contributed by atoms with E-state index in [-0.39, 0.29) is 0 Å². The maximum absolute atomic E-state index is 5.31. The van der Waals surface area contributed by atoms with Gasteiger partial charge in [-0.05, 0) is 42.6 Å². The Bertz CT molecular complexity index is 377. The van der Waals surface area contributed by atoms with E-state index in [1.54, 1.807) is 0 Å². The number of hydrogen-bond acceptors (Lipinski definition) is 1. The molecule has 18 heavy (non-hydrogen) atoms. The van der Waals surface area contributed by atoms with E-state index >= 15 is 0 Å². The molecule has 1 unspecified atom stereocenters. The monoisotopic (exact) mass is 264 g/mol. The number of hydrogen-bond donors (Lipinski definition) is 2. The number of thiocarbonyl (C=S) groups is 1. The first-order valence-corrected chi connectivity index (χ1v) is 7.23. The highest BCUT2D eigenvalue weighted by Gasteiger charge is 2.08. The van der Waals surface area contributed by atoms with Crippen LogP contribution in [0.5, 0.6) is 0 Å². The van der Waals surface area contributed by atoms with Gasteiger partial charge in [-0.15, -0.1) is 0 Å². The summed E-state index contributed by atoms with van der Waals surface area (Å²) in [5, 5.41) is 7.26. The van der Waals surface area contributed by atoms with Gasteiger partial charge in [0, 0.05) is 12.2 Å². The highest BCUT2D eigenvalue weighted by Crippen LogP contribution is 2.26. The molecule has 0 aliphatic rings. The van der Waals surface area contributed by atoms with Gasteiger partial charge in [0.25, 0.3) is 0 Å². The van der Waals surface area contributed by atoms with Crippen molar-refractivity contribution in [3.8, 4) is 0 Å². The minimum Gasteiger partial charge on any atom is -0.362 e. The first-order chi connectivity index (χ1) is 8.69. The molecule has 3 heteroatoms. The molecule has 1 aromatic rings. The van der Waals surface area contributed by atoms with Gasteiger partial charge in [0.05, 0.1) is 0 Å². The third kappa shape index (κ3) is 4.65. The minimum absolute atomic E-state index is 0.548. The summed E-state index contributed by atoms with van der Waals surface area (Å²) in [5.74, 6) is 0.548. The molecule has 0 aliphatic carbocycles. The molecule has 0 saturated heterocycles. The summed E-state index contributed by atoms with van der Waals surface area (Å²) in [5.41, 5.74) is 2.46. The fraction of sp³-hybridized carbons (Fsp3) is 0.533. The second-order valence-electron chi connectivity index (χ2n) is 4.63. The summed E-state index contributed by atoms with van der Waals surface area (Å²) in [7, 11) is 0. The number of para-hydroxylation sites is 1. The average Bonchev–Trinajstić information content (AvgIpc) is 2.39. The van der Waals surface area contributed by atoms with E-state index in [2.05, 4.69) is 49.6 Å². The standard InChI is InChI=1S/C15H24N2S/c1-4-6-11-16-15(18)17-14-10-8-7-9-13(14)12(3)5-2/h7-10,12H,4-6,11H2,1-3H3,(H2,16,17,18). The zero-order valence-electron chi connectivity index (χ0n) is 11.6. The Morgan fingerprint density at radius 2 is 2.00 bits per heavy atom. The third-order valence-electron chi connectivity index (χ3n) is 3.17. The minimum atomic E-state index is 0.548. The summed E-state index contributed by atoms with van der Waals surface area (Å²) in [4.78, 5) is 0. The van der Waals surface area contributed by atoms with Gasteiger partial charge in [0.2, 0.25) is 0 Å². The van der Waals surface area contributed by atoms with E-state index in [0.717, 1.165) is 30.2 Å². The zero-order valence-corrected chi connectivity index (χ0v) is 12.4. The van der Waals surface area contributed by atoms with Crippen molar-refractivity contribution in [1.82, 2.24) is 5.32 Å². The molecule has 0 aliphatic heterocycles. The molecule has 100 valence electrons. The van der Waals surface area contributed by atoms with E-state index < -0.39 is 0 Å². The molecule has 0 radical (unpaired) electrons. The number of anilines is 1. The third-order valence-corrected chi connectivity index (χ3v) is 3.41. The molecule has 0 amide bonds. The van der Waals surface area contributed by atoms with Crippen LogP contribution in [-0.2, 0) is 0 Å². The van der Waals surface area contributed by atoms with Gasteiger partial charge in [-0.25, -0.2) is 0 Å². The van der Waals surface area contributed by atoms with Crippen molar-refractivity contribution in [2.75, 3.05) is 11.9 Å². The number of unbranched alkanes of at least 4 members (excludes halogenated alkanes) is 1. The van der Waals surface area contributed by atoms with Crippen LogP contribution in [0.1, 0.15) is 51.5 Å². The fourth-order valence-corrected chi connectivity index (χ4v) is 2.02. The first kappa shape index (κ1) is 15.0. The van der Waals surface area contributed by atoms with E-state index in [0.29, 0.717) is 5.92 Å². The Balaban J connectivity index is 2.63. The maximum Gasteiger partial charge on any atom is 0.170 e. The van der Waals surface area contributed by atoms with Crippen molar-refractivity contribution in [2.24, 2.45) is 0 Å². The van der Waals surface area contributed by atoms with E-state index in [4.69, 9.17) is 12.2 Å². The van der Waals surface area contributed by atoms with Crippen LogP contribution in [0.3, 0.4) is 0 Å². The van der Waals surface area contributed by atoms with Crippen LogP contribution in [0.15, 0.2) is 24.3 Å². The highest BCUT2D eigenvalue weighted by molar-refractivity contribution is 7.80. The summed E-state index contributed by atoms with van der Waals surface area (Å²) in [6, 6.07) is 8.39. The van der Waals surface area contributed by atoms with Crippen molar-refractivity contribution < 1.29 is 0 Å². The molecule has 2 nitrogen and oxygen atoms in total. The second kappa shape index (κ2) is 8.09. The molecule has 2 N–H and O–H groups in total. The Labute approximate surface area is 116 Å². The largest absolute Gasteiger partial charge is 0.362 e. The molecule has 1 atom stereocenters. The van der Waals surface area contributed by atoms with Crippen LogP contribution in [0.2, 0.25) is 0 Å². The number of benzene rings is 1. The fourth-order valence-electron chi connectivity index (χ4n) is 1.81. The molecular formula is C15H24N2S. The summed E-state index contributed by atoms with van der Waals surface area (Å²) in [6.07, 6.45) is 3.46. The zero-order chi connectivity index (χ0) is 13.4. The Hall–Kier alpha value is -1.09. The molecule has 0 fully saturated rings. The van der Waals surface area contributed by atoms with Crippen molar-refractivity contribution in [1.29, 1.82) is 0 Å². The molecular weight excluding hydrogens is 240 g/mol. The molecule has 0 bridgehead atoms. The Kier molecular flexibility index (Phi) is 6.73. The van der Waals surface area contributed by atoms with Crippen LogP contribution in [0.4, 0.5) is 5.69 Å². The average molecular weight is 264 g/mol. The molecule has 0 heterocycles. The summed E-state index contributed by atoms with van der Waals surface area (Å²) in [6.45, 7) is 7.57. The van der Waals surface area contributed by atoms with E-state index in [1.807, 2.05) is 6.07 Å². The molecule has 0 spiro atoms. The van der Waals surface area contributed by atoms with Gasteiger partial charge in [-0.2, -0.15) is 0 Å².